The van der Waals surface area contributed by atoms with Gasteiger partial charge < -0.3 is 21.1 Å². The predicted octanol–water partition coefficient (Wildman–Crippen LogP) is 3.59. The first kappa shape index (κ1) is 22.8. The van der Waals surface area contributed by atoms with E-state index >= 15 is 0 Å². The fourth-order valence-corrected chi connectivity index (χ4v) is 4.35. The summed E-state index contributed by atoms with van der Waals surface area (Å²) < 4.78 is 5.82. The van der Waals surface area contributed by atoms with Gasteiger partial charge in [0.05, 0.1) is 11.9 Å². The van der Waals surface area contributed by atoms with Crippen LogP contribution in [0.1, 0.15) is 32.8 Å². The van der Waals surface area contributed by atoms with Crippen molar-refractivity contribution in [2.45, 2.75) is 45.9 Å². The maximum atomic E-state index is 6.00. The largest absolute Gasteiger partial charge is 0.470 e. The van der Waals surface area contributed by atoms with Gasteiger partial charge >= 0.3 is 0 Å². The first-order chi connectivity index (χ1) is 15.9. The number of hydrogen-bond acceptors (Lipinski definition) is 8. The second kappa shape index (κ2) is 10.0. The molecule has 3 heterocycles. The van der Waals surface area contributed by atoms with E-state index in [1.54, 1.807) is 18.5 Å². The number of anilines is 3. The highest BCUT2D eigenvalue weighted by Crippen LogP contribution is 2.27. The number of nitrogens with two attached hydrogens (primary N) is 2. The standard InChI is InChI=1S/C25H33N7O/c1-4-20-15-31(11-12-32(20)17(2)3)21-7-5-19(6-8-21)22-14-29-24(27)25(30-22)33-16-18-9-10-28-23(26)13-18/h5-10,13-14,17,20H,4,11-12,15-16H2,1-3H3,(H2,26,28)(H2,27,29). The number of nitrogens with zero attached hydrogens (tertiary/aromatic N) is 5. The predicted molar refractivity (Wildman–Crippen MR) is 133 cm³/mol. The Bertz CT molecular complexity index is 1070. The molecule has 0 radical (unpaired) electrons. The van der Waals surface area contributed by atoms with Crippen molar-refractivity contribution < 1.29 is 4.74 Å². The van der Waals surface area contributed by atoms with Gasteiger partial charge in [0.1, 0.15) is 12.4 Å². The SMILES string of the molecule is CCC1CN(c2ccc(-c3cnc(N)c(OCc4ccnc(N)c4)n3)cc2)CCN1C(C)C. The molecule has 1 aliphatic rings. The zero-order valence-corrected chi connectivity index (χ0v) is 19.6. The van der Waals surface area contributed by atoms with Crippen molar-refractivity contribution in [2.24, 2.45) is 0 Å². The Hall–Kier alpha value is -3.39. The molecule has 8 nitrogen and oxygen atoms in total. The maximum absolute atomic E-state index is 6.00. The average molecular weight is 448 g/mol. The van der Waals surface area contributed by atoms with E-state index in [9.17, 15) is 0 Å². The number of ether oxygens (including phenoxy) is 1. The molecule has 3 aromatic rings. The fraction of sp³-hybridized carbons (Fsp3) is 0.400. The number of piperazine rings is 1. The van der Waals surface area contributed by atoms with Crippen LogP contribution in [-0.4, -0.2) is 51.6 Å². The molecular weight excluding hydrogens is 414 g/mol. The van der Waals surface area contributed by atoms with Crippen LogP contribution in [0.4, 0.5) is 17.3 Å². The summed E-state index contributed by atoms with van der Waals surface area (Å²) in [4.78, 5) is 18.0. The van der Waals surface area contributed by atoms with Crippen LogP contribution in [0.2, 0.25) is 0 Å². The monoisotopic (exact) mass is 447 g/mol. The van der Waals surface area contributed by atoms with Crippen molar-refractivity contribution in [2.75, 3.05) is 36.0 Å². The number of pyridine rings is 1. The van der Waals surface area contributed by atoms with Crippen LogP contribution in [-0.2, 0) is 6.61 Å². The smallest absolute Gasteiger partial charge is 0.258 e. The summed E-state index contributed by atoms with van der Waals surface area (Å²) in [5.74, 6) is 1.01. The molecule has 0 spiro atoms. The third-order valence-electron chi connectivity index (χ3n) is 6.18. The van der Waals surface area contributed by atoms with Crippen LogP contribution in [0.5, 0.6) is 5.88 Å². The molecule has 1 unspecified atom stereocenters. The van der Waals surface area contributed by atoms with Crippen molar-refractivity contribution in [1.82, 2.24) is 19.9 Å². The normalized spacial score (nSPS) is 16.8. The molecule has 33 heavy (non-hydrogen) atoms. The lowest BCUT2D eigenvalue weighted by Gasteiger charge is -2.44. The van der Waals surface area contributed by atoms with E-state index in [4.69, 9.17) is 16.2 Å². The molecular formula is C25H33N7O. The second-order valence-electron chi connectivity index (χ2n) is 8.71. The molecule has 2 aromatic heterocycles. The Labute approximate surface area is 195 Å². The Morgan fingerprint density at radius 3 is 2.58 bits per heavy atom. The highest BCUT2D eigenvalue weighted by atomic mass is 16.5. The fourth-order valence-electron chi connectivity index (χ4n) is 4.35. The van der Waals surface area contributed by atoms with Gasteiger partial charge in [-0.25, -0.2) is 15.0 Å². The van der Waals surface area contributed by atoms with E-state index in [0.717, 1.165) is 42.9 Å². The lowest BCUT2D eigenvalue weighted by atomic mass is 10.1. The quantitative estimate of drug-likeness (QED) is 0.566. The molecule has 1 aliphatic heterocycles. The van der Waals surface area contributed by atoms with E-state index in [1.165, 1.54) is 5.69 Å². The minimum atomic E-state index is 0.256. The van der Waals surface area contributed by atoms with E-state index in [0.29, 0.717) is 23.8 Å². The molecule has 1 saturated heterocycles. The number of hydrogen-bond donors (Lipinski definition) is 2. The summed E-state index contributed by atoms with van der Waals surface area (Å²) in [5.41, 5.74) is 15.5. The van der Waals surface area contributed by atoms with Crippen molar-refractivity contribution in [1.29, 1.82) is 0 Å². The molecule has 0 amide bonds. The van der Waals surface area contributed by atoms with Crippen LogP contribution in [0.25, 0.3) is 11.3 Å². The van der Waals surface area contributed by atoms with Gasteiger partial charge in [-0.15, -0.1) is 0 Å². The van der Waals surface area contributed by atoms with E-state index in [1.807, 2.05) is 6.07 Å². The van der Waals surface area contributed by atoms with Gasteiger partial charge in [0.15, 0.2) is 5.82 Å². The zero-order valence-electron chi connectivity index (χ0n) is 19.6. The molecule has 8 heteroatoms. The molecule has 0 aliphatic carbocycles. The average Bonchev–Trinajstić information content (AvgIpc) is 2.83. The maximum Gasteiger partial charge on any atom is 0.258 e. The summed E-state index contributed by atoms with van der Waals surface area (Å²) in [7, 11) is 0. The third kappa shape index (κ3) is 5.34. The highest BCUT2D eigenvalue weighted by Gasteiger charge is 2.27. The lowest BCUT2D eigenvalue weighted by molar-refractivity contribution is 0.133. The first-order valence-corrected chi connectivity index (χ1v) is 11.5. The van der Waals surface area contributed by atoms with Crippen LogP contribution < -0.4 is 21.1 Å². The van der Waals surface area contributed by atoms with Crippen LogP contribution in [0.3, 0.4) is 0 Å². The topological polar surface area (TPSA) is 106 Å². The molecule has 4 rings (SSSR count). The third-order valence-corrected chi connectivity index (χ3v) is 6.18. The summed E-state index contributed by atoms with van der Waals surface area (Å²) in [6.45, 7) is 10.3. The lowest BCUT2D eigenvalue weighted by Crippen LogP contribution is -2.55. The van der Waals surface area contributed by atoms with Crippen LogP contribution in [0, 0.1) is 0 Å². The zero-order chi connectivity index (χ0) is 23.4. The van der Waals surface area contributed by atoms with Gasteiger partial charge in [0.2, 0.25) is 0 Å². The minimum Gasteiger partial charge on any atom is -0.470 e. The Balaban J connectivity index is 1.46. The van der Waals surface area contributed by atoms with Crippen LogP contribution in [0.15, 0.2) is 48.8 Å². The summed E-state index contributed by atoms with van der Waals surface area (Å²) >= 11 is 0. The first-order valence-electron chi connectivity index (χ1n) is 11.5. The van der Waals surface area contributed by atoms with E-state index in [-0.39, 0.29) is 12.4 Å². The number of rotatable bonds is 7. The summed E-state index contributed by atoms with van der Waals surface area (Å²) in [5, 5.41) is 0. The van der Waals surface area contributed by atoms with Gasteiger partial charge in [-0.2, -0.15) is 0 Å². The van der Waals surface area contributed by atoms with E-state index < -0.39 is 0 Å². The summed E-state index contributed by atoms with van der Waals surface area (Å²) in [6.07, 6.45) is 4.48. The van der Waals surface area contributed by atoms with Gasteiger partial charge in [-0.1, -0.05) is 19.1 Å². The molecule has 4 N–H and O–H groups in total. The molecule has 1 aromatic carbocycles. The van der Waals surface area contributed by atoms with Crippen molar-refractivity contribution >= 4 is 17.3 Å². The van der Waals surface area contributed by atoms with E-state index in [2.05, 4.69) is 69.8 Å². The van der Waals surface area contributed by atoms with Crippen LogP contribution >= 0.6 is 0 Å². The van der Waals surface area contributed by atoms with Gasteiger partial charge in [0, 0.05) is 49.2 Å². The Morgan fingerprint density at radius 2 is 1.88 bits per heavy atom. The van der Waals surface area contributed by atoms with Gasteiger partial charge in [-0.3, -0.25) is 4.90 Å². The molecule has 1 atom stereocenters. The highest BCUT2D eigenvalue weighted by molar-refractivity contribution is 5.64. The van der Waals surface area contributed by atoms with Gasteiger partial charge in [0.25, 0.3) is 5.88 Å². The molecule has 1 fully saturated rings. The van der Waals surface area contributed by atoms with Crippen molar-refractivity contribution in [3.63, 3.8) is 0 Å². The molecule has 174 valence electrons. The van der Waals surface area contributed by atoms with Gasteiger partial charge in [-0.05, 0) is 50.1 Å². The molecule has 0 saturated carbocycles. The second-order valence-corrected chi connectivity index (χ2v) is 8.71. The number of nitrogen functional groups attached to an aromatic ring is 2. The van der Waals surface area contributed by atoms with Crippen molar-refractivity contribution in [3.05, 3.63) is 54.4 Å². The molecule has 0 bridgehead atoms. The number of benzene rings is 1. The Kier molecular flexibility index (Phi) is 6.93. The minimum absolute atomic E-state index is 0.256. The van der Waals surface area contributed by atoms with Crippen molar-refractivity contribution in [3.8, 4) is 17.1 Å². The number of aromatic nitrogens is 3. The summed E-state index contributed by atoms with van der Waals surface area (Å²) in [6, 6.07) is 13.2. The Morgan fingerprint density at radius 1 is 1.09 bits per heavy atom.